The van der Waals surface area contributed by atoms with E-state index in [4.69, 9.17) is 5.73 Å². The van der Waals surface area contributed by atoms with E-state index in [1.807, 2.05) is 0 Å². The van der Waals surface area contributed by atoms with E-state index >= 15 is 0 Å². The molecule has 0 saturated heterocycles. The average Bonchev–Trinajstić information content (AvgIpc) is 2.13. The van der Waals surface area contributed by atoms with Gasteiger partial charge < -0.3 is 5.73 Å². The molecular weight excluding hydrogens is 217 g/mol. The highest BCUT2D eigenvalue weighted by molar-refractivity contribution is 7.91. The van der Waals surface area contributed by atoms with Gasteiger partial charge in [-0.3, -0.25) is 0 Å². The van der Waals surface area contributed by atoms with Crippen LogP contribution in [0.3, 0.4) is 0 Å². The molecule has 1 aromatic rings. The highest BCUT2D eigenvalue weighted by Gasteiger charge is 2.35. The van der Waals surface area contributed by atoms with E-state index in [1.165, 1.54) is 6.07 Å². The van der Waals surface area contributed by atoms with E-state index in [2.05, 4.69) is 0 Å². The van der Waals surface area contributed by atoms with Crippen molar-refractivity contribution in [1.82, 2.24) is 0 Å². The molecule has 0 bridgehead atoms. The quantitative estimate of drug-likeness (QED) is 0.728. The Bertz CT molecular complexity index is 498. The minimum absolute atomic E-state index is 0.0813. The van der Waals surface area contributed by atoms with Crippen LogP contribution in [0.25, 0.3) is 0 Å². The SMILES string of the molecule is CC1CS(=O)(=O)c2c(F)cccc2C1N. The largest absolute Gasteiger partial charge is 0.324 e. The van der Waals surface area contributed by atoms with Crippen LogP contribution in [-0.2, 0) is 9.84 Å². The first-order valence-electron chi connectivity index (χ1n) is 4.70. The third-order valence-corrected chi connectivity index (χ3v) is 4.78. The van der Waals surface area contributed by atoms with Crippen LogP contribution < -0.4 is 5.73 Å². The summed E-state index contributed by atoms with van der Waals surface area (Å²) in [6.07, 6.45) is 0. The maximum atomic E-state index is 13.4. The molecule has 0 spiro atoms. The number of fused-ring (bicyclic) bond motifs is 1. The third-order valence-electron chi connectivity index (χ3n) is 2.76. The molecule has 1 aliphatic rings. The highest BCUT2D eigenvalue weighted by Crippen LogP contribution is 2.35. The Morgan fingerprint density at radius 3 is 2.80 bits per heavy atom. The summed E-state index contributed by atoms with van der Waals surface area (Å²) in [6.45, 7) is 1.76. The number of hydrogen-bond acceptors (Lipinski definition) is 3. The number of sulfone groups is 1. The predicted octanol–water partition coefficient (Wildman–Crippen LogP) is 1.25. The van der Waals surface area contributed by atoms with Crippen molar-refractivity contribution < 1.29 is 12.8 Å². The minimum Gasteiger partial charge on any atom is -0.324 e. The Morgan fingerprint density at radius 2 is 2.13 bits per heavy atom. The normalized spacial score (nSPS) is 28.5. The number of nitrogens with two attached hydrogens (primary N) is 1. The van der Waals surface area contributed by atoms with E-state index in [-0.39, 0.29) is 16.6 Å². The molecule has 0 aliphatic carbocycles. The van der Waals surface area contributed by atoms with Crippen molar-refractivity contribution in [2.75, 3.05) is 5.75 Å². The summed E-state index contributed by atoms with van der Waals surface area (Å²) in [5.41, 5.74) is 6.25. The molecule has 0 amide bonds. The standard InChI is InChI=1S/C10H12FNO2S/c1-6-5-15(13,14)10-7(9(6)12)3-2-4-8(10)11/h2-4,6,9H,5,12H2,1H3. The highest BCUT2D eigenvalue weighted by atomic mass is 32.2. The second-order valence-corrected chi connectivity index (χ2v) is 5.91. The zero-order valence-corrected chi connectivity index (χ0v) is 9.09. The van der Waals surface area contributed by atoms with E-state index in [0.29, 0.717) is 5.56 Å². The van der Waals surface area contributed by atoms with E-state index < -0.39 is 21.7 Å². The van der Waals surface area contributed by atoms with Gasteiger partial charge in [-0.2, -0.15) is 0 Å². The maximum absolute atomic E-state index is 13.4. The molecule has 2 unspecified atom stereocenters. The summed E-state index contributed by atoms with van der Waals surface area (Å²) in [4.78, 5) is -0.212. The second-order valence-electron chi connectivity index (χ2n) is 3.94. The Kier molecular flexibility index (Phi) is 2.31. The molecule has 0 fully saturated rings. The molecule has 0 radical (unpaired) electrons. The molecular formula is C10H12FNO2S. The monoisotopic (exact) mass is 229 g/mol. The first-order chi connectivity index (χ1) is 6.93. The first-order valence-corrected chi connectivity index (χ1v) is 6.35. The van der Waals surface area contributed by atoms with Crippen molar-refractivity contribution in [1.29, 1.82) is 0 Å². The summed E-state index contributed by atoms with van der Waals surface area (Å²) in [5.74, 6) is -0.957. The number of benzene rings is 1. The minimum atomic E-state index is -3.51. The molecule has 15 heavy (non-hydrogen) atoms. The first kappa shape index (κ1) is 10.6. The molecule has 0 aromatic heterocycles. The maximum Gasteiger partial charge on any atom is 0.181 e. The zero-order chi connectivity index (χ0) is 11.2. The summed E-state index contributed by atoms with van der Waals surface area (Å²) >= 11 is 0. The lowest BCUT2D eigenvalue weighted by Gasteiger charge is -2.28. The van der Waals surface area contributed by atoms with E-state index in [1.54, 1.807) is 13.0 Å². The van der Waals surface area contributed by atoms with Crippen LogP contribution in [-0.4, -0.2) is 14.2 Å². The lowest BCUT2D eigenvalue weighted by atomic mass is 9.96. The summed E-state index contributed by atoms with van der Waals surface area (Å²) < 4.78 is 36.9. The summed E-state index contributed by atoms with van der Waals surface area (Å²) in [7, 11) is -3.51. The van der Waals surface area contributed by atoms with Crippen molar-refractivity contribution in [2.24, 2.45) is 11.7 Å². The van der Waals surface area contributed by atoms with Crippen molar-refractivity contribution in [3.63, 3.8) is 0 Å². The molecule has 1 aromatic carbocycles. The Morgan fingerprint density at radius 1 is 1.47 bits per heavy atom. The summed E-state index contributed by atoms with van der Waals surface area (Å²) in [5, 5.41) is 0. The molecule has 5 heteroatoms. The molecule has 2 rings (SSSR count). The molecule has 82 valence electrons. The van der Waals surface area contributed by atoms with Gasteiger partial charge in [-0.25, -0.2) is 12.8 Å². The van der Waals surface area contributed by atoms with Crippen molar-refractivity contribution in [3.8, 4) is 0 Å². The fourth-order valence-electron chi connectivity index (χ4n) is 1.96. The smallest absolute Gasteiger partial charge is 0.181 e. The number of hydrogen-bond donors (Lipinski definition) is 1. The lowest BCUT2D eigenvalue weighted by molar-refractivity contribution is 0.464. The van der Waals surface area contributed by atoms with Crippen molar-refractivity contribution >= 4 is 9.84 Å². The summed E-state index contributed by atoms with van der Waals surface area (Å²) in [6, 6.07) is 3.82. The zero-order valence-electron chi connectivity index (χ0n) is 8.27. The van der Waals surface area contributed by atoms with Gasteiger partial charge in [0, 0.05) is 6.04 Å². The predicted molar refractivity (Wildman–Crippen MR) is 54.5 cm³/mol. The molecule has 3 nitrogen and oxygen atoms in total. The number of halogens is 1. The Labute approximate surface area is 88.0 Å². The van der Waals surface area contributed by atoms with Gasteiger partial charge in [-0.1, -0.05) is 19.1 Å². The molecule has 0 saturated carbocycles. The number of rotatable bonds is 0. The van der Waals surface area contributed by atoms with E-state index in [9.17, 15) is 12.8 Å². The molecule has 2 atom stereocenters. The van der Waals surface area contributed by atoms with Crippen LogP contribution >= 0.6 is 0 Å². The van der Waals surface area contributed by atoms with Crippen molar-refractivity contribution in [3.05, 3.63) is 29.6 Å². The van der Waals surface area contributed by atoms with Gasteiger partial charge in [0.1, 0.15) is 10.7 Å². The van der Waals surface area contributed by atoms with Gasteiger partial charge in [-0.15, -0.1) is 0 Å². The topological polar surface area (TPSA) is 60.2 Å². The molecule has 1 aliphatic heterocycles. The van der Waals surface area contributed by atoms with Crippen LogP contribution in [0.2, 0.25) is 0 Å². The average molecular weight is 229 g/mol. The lowest BCUT2D eigenvalue weighted by Crippen LogP contribution is -2.33. The van der Waals surface area contributed by atoms with Gasteiger partial charge >= 0.3 is 0 Å². The van der Waals surface area contributed by atoms with Crippen LogP contribution in [0.4, 0.5) is 4.39 Å². The van der Waals surface area contributed by atoms with Crippen LogP contribution in [0.15, 0.2) is 23.1 Å². The van der Waals surface area contributed by atoms with Gasteiger partial charge in [0.05, 0.1) is 5.75 Å². The van der Waals surface area contributed by atoms with E-state index in [0.717, 1.165) is 6.07 Å². The van der Waals surface area contributed by atoms with Gasteiger partial charge in [-0.05, 0) is 17.5 Å². The van der Waals surface area contributed by atoms with Gasteiger partial charge in [0.15, 0.2) is 9.84 Å². The fraction of sp³-hybridized carbons (Fsp3) is 0.400. The fourth-order valence-corrected chi connectivity index (χ4v) is 3.95. The van der Waals surface area contributed by atoms with Crippen LogP contribution in [0.1, 0.15) is 18.5 Å². The van der Waals surface area contributed by atoms with Crippen molar-refractivity contribution in [2.45, 2.75) is 17.9 Å². The Hall–Kier alpha value is -0.940. The van der Waals surface area contributed by atoms with Crippen LogP contribution in [0, 0.1) is 11.7 Å². The van der Waals surface area contributed by atoms with Crippen LogP contribution in [0.5, 0.6) is 0 Å². The van der Waals surface area contributed by atoms with Gasteiger partial charge in [0.25, 0.3) is 0 Å². The van der Waals surface area contributed by atoms with Gasteiger partial charge in [0.2, 0.25) is 0 Å². The molecule has 2 N–H and O–H groups in total. The molecule has 1 heterocycles. The Balaban J connectivity index is 2.76. The second kappa shape index (κ2) is 3.28. The third kappa shape index (κ3) is 1.55.